The van der Waals surface area contributed by atoms with Gasteiger partial charge >= 0.3 is 5.97 Å². The molecule has 0 radical (unpaired) electrons. The molecule has 0 spiro atoms. The van der Waals surface area contributed by atoms with E-state index in [1.807, 2.05) is 57.2 Å². The summed E-state index contributed by atoms with van der Waals surface area (Å²) in [4.78, 5) is 28.8. The maximum absolute atomic E-state index is 14.6. The number of amides is 1. The number of carbonyl (C=O) groups excluding carboxylic acids is 1. The molecule has 4 aliphatic rings. The number of ether oxygens (including phenoxy) is 1. The van der Waals surface area contributed by atoms with Crippen molar-refractivity contribution >= 4 is 11.9 Å². The van der Waals surface area contributed by atoms with Crippen molar-refractivity contribution in [1.29, 1.82) is 0 Å². The predicted molar refractivity (Wildman–Crippen MR) is 153 cm³/mol. The Kier molecular flexibility index (Phi) is 6.84. The zero-order valence-corrected chi connectivity index (χ0v) is 24.8. The van der Waals surface area contributed by atoms with Gasteiger partial charge in [0.15, 0.2) is 0 Å². The highest BCUT2D eigenvalue weighted by molar-refractivity contribution is 5.92. The first-order valence-corrected chi connectivity index (χ1v) is 14.3. The van der Waals surface area contributed by atoms with Gasteiger partial charge in [-0.1, -0.05) is 84.0 Å². The average Bonchev–Trinajstić information content (AvgIpc) is 3.20. The molecule has 1 aliphatic heterocycles. The first-order valence-electron chi connectivity index (χ1n) is 14.3. The lowest BCUT2D eigenvalue weighted by molar-refractivity contribution is -0.225. The van der Waals surface area contributed by atoms with Crippen molar-refractivity contribution in [2.45, 2.75) is 96.6 Å². The Labute approximate surface area is 237 Å². The van der Waals surface area contributed by atoms with Crippen LogP contribution in [0.5, 0.6) is 5.75 Å². The van der Waals surface area contributed by atoms with Gasteiger partial charge in [0.1, 0.15) is 17.5 Å². The summed E-state index contributed by atoms with van der Waals surface area (Å²) in [5.74, 6) is -0.888. The van der Waals surface area contributed by atoms with Gasteiger partial charge in [0.2, 0.25) is 5.91 Å². The number of aliphatic carboxylic acids is 1. The minimum atomic E-state index is -1.26. The molecule has 40 heavy (non-hydrogen) atoms. The number of likely N-dealkylation sites (tertiary alicyclic amines) is 1. The number of carboxylic acid groups (broad SMARTS) is 1. The standard InChI is InChI=1S/C33H43FN2O4/c1-30(2,3)22-13-14-23(40-7)21(15-22)16-35-25-24(31(4,5)6)27(28(37)38)36(26(25)20-11-9-8-10-12-20)29(39)32-17-33(34,18-32)19-32/h8-15,24-27,35H,16-19H2,1-7H3,(H,37,38)/t24-,25-,26-,27-,32?,33?/m0/s1. The summed E-state index contributed by atoms with van der Waals surface area (Å²) in [6.45, 7) is 13.1. The van der Waals surface area contributed by atoms with E-state index in [2.05, 4.69) is 38.2 Å². The second kappa shape index (κ2) is 9.57. The van der Waals surface area contributed by atoms with Gasteiger partial charge in [-0.15, -0.1) is 0 Å². The van der Waals surface area contributed by atoms with E-state index in [1.165, 1.54) is 5.56 Å². The fourth-order valence-electron chi connectivity index (χ4n) is 7.48. The van der Waals surface area contributed by atoms with Crippen molar-refractivity contribution in [3.63, 3.8) is 0 Å². The molecule has 4 atom stereocenters. The number of benzene rings is 2. The Bertz CT molecular complexity index is 1280. The summed E-state index contributed by atoms with van der Waals surface area (Å²) in [5.41, 5.74) is 0.494. The number of carbonyl (C=O) groups is 2. The van der Waals surface area contributed by atoms with Crippen LogP contribution in [0.1, 0.15) is 83.5 Å². The number of hydrogen-bond acceptors (Lipinski definition) is 4. The molecule has 2 N–H and O–H groups in total. The third kappa shape index (κ3) is 4.70. The number of methoxy groups -OCH3 is 1. The van der Waals surface area contributed by atoms with Crippen LogP contribution in [0.25, 0.3) is 0 Å². The van der Waals surface area contributed by atoms with E-state index in [-0.39, 0.29) is 36.6 Å². The van der Waals surface area contributed by atoms with Gasteiger partial charge in [0.05, 0.1) is 18.6 Å². The third-order valence-corrected chi connectivity index (χ3v) is 9.39. The Morgan fingerprint density at radius 3 is 2.17 bits per heavy atom. The molecule has 2 bridgehead atoms. The Morgan fingerprint density at radius 1 is 1.05 bits per heavy atom. The van der Waals surface area contributed by atoms with Gasteiger partial charge in [-0.3, -0.25) is 4.79 Å². The first-order chi connectivity index (χ1) is 18.6. The maximum Gasteiger partial charge on any atom is 0.326 e. The van der Waals surface area contributed by atoms with Gasteiger partial charge in [0.25, 0.3) is 0 Å². The van der Waals surface area contributed by atoms with Crippen LogP contribution in [0, 0.1) is 16.7 Å². The number of carboxylic acids is 1. The molecule has 3 saturated carbocycles. The zero-order chi connectivity index (χ0) is 29.3. The molecule has 4 fully saturated rings. The van der Waals surface area contributed by atoms with E-state index in [0.717, 1.165) is 16.9 Å². The zero-order valence-electron chi connectivity index (χ0n) is 24.8. The third-order valence-electron chi connectivity index (χ3n) is 9.39. The fourth-order valence-corrected chi connectivity index (χ4v) is 7.48. The highest BCUT2D eigenvalue weighted by atomic mass is 19.1. The van der Waals surface area contributed by atoms with Crippen molar-refractivity contribution in [1.82, 2.24) is 10.2 Å². The highest BCUT2D eigenvalue weighted by Gasteiger charge is 2.75. The SMILES string of the molecule is COc1ccc(C(C)(C)C)cc1CN[C@H]1[C@H](C(C)(C)C)[C@@H](C(=O)O)N(C(=O)C23CC(F)(C2)C3)[C@H]1c1ccccc1. The second-order valence-electron chi connectivity index (χ2n) is 14.4. The van der Waals surface area contributed by atoms with Crippen LogP contribution >= 0.6 is 0 Å². The minimum absolute atomic E-state index is 0.0526. The summed E-state index contributed by atoms with van der Waals surface area (Å²) in [5, 5.41) is 14.4. The Hall–Kier alpha value is -2.93. The van der Waals surface area contributed by atoms with Gasteiger partial charge < -0.3 is 20.1 Å². The van der Waals surface area contributed by atoms with E-state index < -0.39 is 40.5 Å². The monoisotopic (exact) mass is 550 g/mol. The van der Waals surface area contributed by atoms with E-state index in [4.69, 9.17) is 4.74 Å². The summed E-state index contributed by atoms with van der Waals surface area (Å²) in [7, 11) is 1.65. The summed E-state index contributed by atoms with van der Waals surface area (Å²) < 4.78 is 20.3. The molecular weight excluding hydrogens is 507 g/mol. The van der Waals surface area contributed by atoms with Crippen LogP contribution in [0.2, 0.25) is 0 Å². The maximum atomic E-state index is 14.6. The number of hydrogen-bond donors (Lipinski definition) is 2. The molecule has 0 aromatic heterocycles. The molecule has 2 aromatic carbocycles. The van der Waals surface area contributed by atoms with Gasteiger partial charge in [-0.05, 0) is 47.3 Å². The van der Waals surface area contributed by atoms with Crippen LogP contribution in [-0.2, 0) is 21.5 Å². The molecule has 7 heteroatoms. The van der Waals surface area contributed by atoms with Crippen molar-refractivity contribution in [2.24, 2.45) is 16.7 Å². The topological polar surface area (TPSA) is 78.9 Å². The number of rotatable bonds is 7. The number of nitrogens with zero attached hydrogens (tertiary/aromatic N) is 1. The van der Waals surface area contributed by atoms with Crippen molar-refractivity contribution in [2.75, 3.05) is 7.11 Å². The summed E-state index contributed by atoms with van der Waals surface area (Å²) in [6, 6.07) is 14.0. The Morgan fingerprint density at radius 2 is 1.68 bits per heavy atom. The molecule has 2 aromatic rings. The van der Waals surface area contributed by atoms with Crippen molar-refractivity contribution < 1.29 is 23.8 Å². The van der Waals surface area contributed by atoms with E-state index in [9.17, 15) is 19.1 Å². The lowest BCUT2D eigenvalue weighted by Gasteiger charge is -2.65. The smallest absolute Gasteiger partial charge is 0.326 e. The first kappa shape index (κ1) is 28.6. The van der Waals surface area contributed by atoms with Crippen LogP contribution in [0.15, 0.2) is 48.5 Å². The van der Waals surface area contributed by atoms with Crippen LogP contribution in [0.4, 0.5) is 4.39 Å². The predicted octanol–water partition coefficient (Wildman–Crippen LogP) is 6.04. The number of halogens is 1. The molecule has 1 heterocycles. The van der Waals surface area contributed by atoms with Crippen LogP contribution < -0.4 is 10.1 Å². The molecular formula is C33H43FN2O4. The molecule has 3 aliphatic carbocycles. The number of alkyl halides is 1. The molecule has 6 rings (SSSR count). The summed E-state index contributed by atoms with van der Waals surface area (Å²) in [6.07, 6.45) is 0.578. The van der Waals surface area contributed by atoms with E-state index in [0.29, 0.717) is 6.54 Å². The molecule has 6 nitrogen and oxygen atoms in total. The fraction of sp³-hybridized carbons (Fsp3) is 0.576. The molecule has 0 unspecified atom stereocenters. The second-order valence-corrected chi connectivity index (χ2v) is 14.4. The lowest BCUT2D eigenvalue weighted by Crippen LogP contribution is -2.71. The lowest BCUT2D eigenvalue weighted by atomic mass is 9.41. The normalized spacial score (nSPS) is 31.4. The van der Waals surface area contributed by atoms with Gasteiger partial charge in [-0.25, -0.2) is 9.18 Å². The largest absolute Gasteiger partial charge is 0.496 e. The summed E-state index contributed by atoms with van der Waals surface area (Å²) >= 11 is 0. The van der Waals surface area contributed by atoms with E-state index in [1.54, 1.807) is 12.0 Å². The quantitative estimate of drug-likeness (QED) is 0.439. The van der Waals surface area contributed by atoms with Gasteiger partial charge in [0, 0.05) is 24.1 Å². The average molecular weight is 551 g/mol. The van der Waals surface area contributed by atoms with Crippen LogP contribution in [-0.4, -0.2) is 46.7 Å². The van der Waals surface area contributed by atoms with E-state index >= 15 is 0 Å². The minimum Gasteiger partial charge on any atom is -0.496 e. The van der Waals surface area contributed by atoms with Crippen molar-refractivity contribution in [3.8, 4) is 5.75 Å². The Balaban J connectivity index is 1.58. The molecule has 1 saturated heterocycles. The number of nitrogens with one attached hydrogen (secondary N) is 1. The van der Waals surface area contributed by atoms with Crippen molar-refractivity contribution in [3.05, 3.63) is 65.2 Å². The molecule has 216 valence electrons. The van der Waals surface area contributed by atoms with Crippen LogP contribution in [0.3, 0.4) is 0 Å². The van der Waals surface area contributed by atoms with Gasteiger partial charge in [-0.2, -0.15) is 0 Å². The molecule has 1 amide bonds. The highest BCUT2D eigenvalue weighted by Crippen LogP contribution is 2.71.